The predicted molar refractivity (Wildman–Crippen MR) is 56.2 cm³/mol. The van der Waals surface area contributed by atoms with Gasteiger partial charge in [0.05, 0.1) is 5.69 Å². The zero-order chi connectivity index (χ0) is 10.8. The SMILES string of the molecule is Cc1cc(-n2cccnc2=O)ccc1O. The number of phenolic OH excluding ortho intramolecular Hbond substituents is 1. The van der Waals surface area contributed by atoms with E-state index in [1.807, 2.05) is 0 Å². The quantitative estimate of drug-likeness (QED) is 0.757. The van der Waals surface area contributed by atoms with Crippen molar-refractivity contribution < 1.29 is 5.11 Å². The van der Waals surface area contributed by atoms with E-state index in [2.05, 4.69) is 4.98 Å². The third kappa shape index (κ3) is 1.74. The summed E-state index contributed by atoms with van der Waals surface area (Å²) in [6, 6.07) is 6.65. The highest BCUT2D eigenvalue weighted by Crippen LogP contribution is 2.18. The second-order valence-electron chi connectivity index (χ2n) is 3.24. The van der Waals surface area contributed by atoms with Gasteiger partial charge in [-0.15, -0.1) is 0 Å². The first kappa shape index (κ1) is 9.45. The minimum atomic E-state index is -0.331. The topological polar surface area (TPSA) is 55.1 Å². The fraction of sp³-hybridized carbons (Fsp3) is 0.0909. The van der Waals surface area contributed by atoms with Gasteiger partial charge < -0.3 is 5.11 Å². The van der Waals surface area contributed by atoms with Crippen LogP contribution >= 0.6 is 0 Å². The molecule has 15 heavy (non-hydrogen) atoms. The van der Waals surface area contributed by atoms with Gasteiger partial charge in [0.15, 0.2) is 0 Å². The Morgan fingerprint density at radius 3 is 2.87 bits per heavy atom. The highest BCUT2D eigenvalue weighted by molar-refractivity contribution is 5.42. The molecule has 0 aliphatic heterocycles. The molecule has 0 saturated carbocycles. The van der Waals surface area contributed by atoms with Crippen LogP contribution in [0.3, 0.4) is 0 Å². The Hall–Kier alpha value is -2.10. The molecule has 0 bridgehead atoms. The van der Waals surface area contributed by atoms with E-state index in [0.717, 1.165) is 5.56 Å². The Morgan fingerprint density at radius 1 is 1.40 bits per heavy atom. The van der Waals surface area contributed by atoms with Gasteiger partial charge in [-0.3, -0.25) is 4.57 Å². The maximum Gasteiger partial charge on any atom is 0.352 e. The summed E-state index contributed by atoms with van der Waals surface area (Å²) in [6.07, 6.45) is 3.09. The number of aromatic hydroxyl groups is 1. The number of phenols is 1. The third-order valence-electron chi connectivity index (χ3n) is 2.17. The number of aromatic nitrogens is 2. The van der Waals surface area contributed by atoms with Crippen LogP contribution in [0.1, 0.15) is 5.56 Å². The van der Waals surface area contributed by atoms with Crippen LogP contribution in [0.15, 0.2) is 41.5 Å². The molecule has 0 aliphatic rings. The number of aryl methyl sites for hydroxylation is 1. The Balaban J connectivity index is 2.60. The van der Waals surface area contributed by atoms with Crippen LogP contribution in [-0.4, -0.2) is 14.7 Å². The van der Waals surface area contributed by atoms with Crippen molar-refractivity contribution in [2.24, 2.45) is 0 Å². The molecule has 0 spiro atoms. The molecule has 1 heterocycles. The molecular weight excluding hydrogens is 192 g/mol. The Kier molecular flexibility index (Phi) is 2.25. The summed E-state index contributed by atoms with van der Waals surface area (Å²) in [5.41, 5.74) is 1.09. The standard InChI is InChI=1S/C11H10N2O2/c1-8-7-9(3-4-10(8)14)13-6-2-5-12-11(13)15/h2-7,14H,1H3. The summed E-state index contributed by atoms with van der Waals surface area (Å²) < 4.78 is 1.42. The van der Waals surface area contributed by atoms with Crippen LogP contribution in [0.4, 0.5) is 0 Å². The normalized spacial score (nSPS) is 10.2. The summed E-state index contributed by atoms with van der Waals surface area (Å²) in [6.45, 7) is 1.78. The van der Waals surface area contributed by atoms with E-state index in [-0.39, 0.29) is 11.4 Å². The van der Waals surface area contributed by atoms with Crippen molar-refractivity contribution >= 4 is 0 Å². The molecule has 76 valence electrons. The molecule has 4 nitrogen and oxygen atoms in total. The molecule has 0 fully saturated rings. The lowest BCUT2D eigenvalue weighted by Gasteiger charge is -2.05. The molecule has 1 N–H and O–H groups in total. The van der Waals surface area contributed by atoms with Crippen molar-refractivity contribution in [3.8, 4) is 11.4 Å². The Labute approximate surface area is 86.5 Å². The second-order valence-corrected chi connectivity index (χ2v) is 3.24. The minimum absolute atomic E-state index is 0.218. The summed E-state index contributed by atoms with van der Waals surface area (Å²) in [5.74, 6) is 0.218. The van der Waals surface area contributed by atoms with E-state index in [4.69, 9.17) is 0 Å². The first-order valence-electron chi connectivity index (χ1n) is 4.52. The number of rotatable bonds is 1. The largest absolute Gasteiger partial charge is 0.508 e. The maximum atomic E-state index is 11.4. The Bertz CT molecular complexity index is 546. The van der Waals surface area contributed by atoms with Crippen molar-refractivity contribution in [1.29, 1.82) is 0 Å². The molecule has 0 saturated heterocycles. The highest BCUT2D eigenvalue weighted by Gasteiger charge is 2.01. The first-order chi connectivity index (χ1) is 7.18. The maximum absolute atomic E-state index is 11.4. The molecule has 2 rings (SSSR count). The van der Waals surface area contributed by atoms with Gasteiger partial charge in [-0.25, -0.2) is 9.78 Å². The van der Waals surface area contributed by atoms with E-state index in [9.17, 15) is 9.90 Å². The molecule has 0 amide bonds. The van der Waals surface area contributed by atoms with Gasteiger partial charge in [-0.2, -0.15) is 0 Å². The molecule has 1 aromatic heterocycles. The second kappa shape index (κ2) is 3.57. The predicted octanol–water partition coefficient (Wildman–Crippen LogP) is 1.25. The van der Waals surface area contributed by atoms with Gasteiger partial charge in [0, 0.05) is 12.4 Å². The van der Waals surface area contributed by atoms with Gasteiger partial charge in [0.2, 0.25) is 0 Å². The van der Waals surface area contributed by atoms with E-state index in [0.29, 0.717) is 5.69 Å². The van der Waals surface area contributed by atoms with Gasteiger partial charge >= 0.3 is 5.69 Å². The molecule has 0 atom stereocenters. The average Bonchev–Trinajstić information content (AvgIpc) is 2.23. The van der Waals surface area contributed by atoms with Crippen LogP contribution in [0.5, 0.6) is 5.75 Å². The van der Waals surface area contributed by atoms with E-state index in [1.54, 1.807) is 37.4 Å². The van der Waals surface area contributed by atoms with Crippen LogP contribution in [0.2, 0.25) is 0 Å². The van der Waals surface area contributed by atoms with Gasteiger partial charge in [-0.1, -0.05) is 0 Å². The molecule has 2 aromatic rings. The molecule has 0 aliphatic carbocycles. The molecule has 4 heteroatoms. The van der Waals surface area contributed by atoms with Crippen molar-refractivity contribution in [3.63, 3.8) is 0 Å². The summed E-state index contributed by atoms with van der Waals surface area (Å²) in [5, 5.41) is 9.36. The number of nitrogens with zero attached hydrogens (tertiary/aromatic N) is 2. The van der Waals surface area contributed by atoms with Crippen molar-refractivity contribution in [2.45, 2.75) is 6.92 Å². The number of hydrogen-bond acceptors (Lipinski definition) is 3. The van der Waals surface area contributed by atoms with Crippen molar-refractivity contribution in [2.75, 3.05) is 0 Å². The summed E-state index contributed by atoms with van der Waals surface area (Å²) in [4.78, 5) is 15.1. The van der Waals surface area contributed by atoms with Gasteiger partial charge in [0.25, 0.3) is 0 Å². The van der Waals surface area contributed by atoms with E-state index >= 15 is 0 Å². The van der Waals surface area contributed by atoms with Gasteiger partial charge in [0.1, 0.15) is 5.75 Å². The molecule has 0 unspecified atom stereocenters. The highest BCUT2D eigenvalue weighted by atomic mass is 16.3. The molecular formula is C11H10N2O2. The van der Waals surface area contributed by atoms with Crippen LogP contribution in [-0.2, 0) is 0 Å². The fourth-order valence-electron chi connectivity index (χ4n) is 1.34. The van der Waals surface area contributed by atoms with E-state index < -0.39 is 0 Å². The lowest BCUT2D eigenvalue weighted by atomic mass is 10.2. The van der Waals surface area contributed by atoms with Crippen LogP contribution in [0, 0.1) is 6.92 Å². The lowest BCUT2D eigenvalue weighted by Crippen LogP contribution is -2.19. The molecule has 0 radical (unpaired) electrons. The smallest absolute Gasteiger partial charge is 0.352 e. The lowest BCUT2D eigenvalue weighted by molar-refractivity contribution is 0.471. The zero-order valence-electron chi connectivity index (χ0n) is 8.21. The van der Waals surface area contributed by atoms with Gasteiger partial charge in [-0.05, 0) is 36.8 Å². The summed E-state index contributed by atoms with van der Waals surface area (Å²) >= 11 is 0. The van der Waals surface area contributed by atoms with E-state index in [1.165, 1.54) is 10.8 Å². The fourth-order valence-corrected chi connectivity index (χ4v) is 1.34. The monoisotopic (exact) mass is 202 g/mol. The number of hydrogen-bond donors (Lipinski definition) is 1. The van der Waals surface area contributed by atoms with Crippen molar-refractivity contribution in [3.05, 3.63) is 52.7 Å². The average molecular weight is 202 g/mol. The van der Waals surface area contributed by atoms with Crippen molar-refractivity contribution in [1.82, 2.24) is 9.55 Å². The Morgan fingerprint density at radius 2 is 2.20 bits per heavy atom. The summed E-state index contributed by atoms with van der Waals surface area (Å²) in [7, 11) is 0. The van der Waals surface area contributed by atoms with Crippen LogP contribution < -0.4 is 5.69 Å². The van der Waals surface area contributed by atoms with Crippen LogP contribution in [0.25, 0.3) is 5.69 Å². The molecule has 1 aromatic carbocycles. The number of benzene rings is 1. The third-order valence-corrected chi connectivity index (χ3v) is 2.17. The zero-order valence-corrected chi connectivity index (χ0v) is 8.21. The first-order valence-corrected chi connectivity index (χ1v) is 4.52. The minimum Gasteiger partial charge on any atom is -0.508 e.